The van der Waals surface area contributed by atoms with Gasteiger partial charge in [-0.15, -0.1) is 0 Å². The molecule has 0 fully saturated rings. The van der Waals surface area contributed by atoms with Gasteiger partial charge in [-0.25, -0.2) is 0 Å². The molecule has 0 aliphatic carbocycles. The van der Waals surface area contributed by atoms with Gasteiger partial charge < -0.3 is 30.6 Å². The van der Waals surface area contributed by atoms with Crippen molar-refractivity contribution in [3.05, 3.63) is 213 Å². The minimum atomic E-state index is 0.0333. The Bertz CT molecular complexity index is 5340. The largest absolute Gasteiger partial charge is 0.507 e. The third-order valence-electron chi connectivity index (χ3n) is 26.7. The maximum Gasteiger partial charge on any atom is 0.132 e. The van der Waals surface area contributed by atoms with E-state index in [9.17, 15) is 30.6 Å². The van der Waals surface area contributed by atoms with Crippen LogP contribution in [0.2, 0.25) is 0 Å². The molecule has 10 heteroatoms. The molecule has 0 aliphatic heterocycles. The molecule has 6 N–H and O–H groups in total. The van der Waals surface area contributed by atoms with Crippen LogP contribution in [0.5, 0.6) is 34.5 Å². The minimum Gasteiger partial charge on any atom is -0.507 e. The topological polar surface area (TPSA) is 171 Å². The second-order valence-corrected chi connectivity index (χ2v) is 37.0. The van der Waals surface area contributed by atoms with Gasteiger partial charge in [0.25, 0.3) is 0 Å². The number of hydrogen-bond acceptors (Lipinski definition) is 10. The van der Waals surface area contributed by atoms with E-state index in [0.717, 1.165) is 142 Å². The summed E-state index contributed by atoms with van der Waals surface area (Å²) < 4.78 is 0. The van der Waals surface area contributed by atoms with Crippen molar-refractivity contribution in [3.63, 3.8) is 0 Å². The molecule has 0 atom stereocenters. The molecule has 0 radical (unpaired) electrons. The van der Waals surface area contributed by atoms with Crippen LogP contribution < -0.4 is 0 Å². The normalized spacial score (nSPS) is 12.1. The summed E-state index contributed by atoms with van der Waals surface area (Å²) in [6.45, 7) is 15.2. The van der Waals surface area contributed by atoms with Crippen LogP contribution in [-0.4, -0.2) is 81.7 Å². The van der Waals surface area contributed by atoms with Crippen LogP contribution in [0, 0.1) is 0 Å². The quantitative estimate of drug-likeness (QED) is 0.0164. The van der Waals surface area contributed by atoms with Crippen LogP contribution >= 0.6 is 0 Å². The Morgan fingerprint density at radius 3 is 0.594 bits per heavy atom. The van der Waals surface area contributed by atoms with Crippen molar-refractivity contribution in [2.45, 2.75) is 324 Å². The summed E-state index contributed by atoms with van der Waals surface area (Å²) in [7, 11) is 0. The third kappa shape index (κ3) is 26.9. The SMILES string of the molecule is CCCCCCCCc1ccc2c(-c3c(O)c(C=NCCCN=Cc4cc5cc(CCCCCCCC)ccc5c(-c5c(O)c(C=NCCCN=Cc6cc7cc(CCCCCCCC)ccc7c(-c7c(O)ccc8cc(CCCCCCCC)ccc78)c6O)cc6cc(CCCCCCCC)ccc56)c4O)cc4cc(CCCCCCCC)ccc34)c(O)ccc2c1. The van der Waals surface area contributed by atoms with E-state index in [-0.39, 0.29) is 34.5 Å². The van der Waals surface area contributed by atoms with Crippen molar-refractivity contribution in [1.29, 1.82) is 0 Å². The van der Waals surface area contributed by atoms with Crippen molar-refractivity contribution < 1.29 is 30.6 Å². The molecule has 12 aromatic carbocycles. The predicted octanol–water partition coefficient (Wildman–Crippen LogP) is 33.1. The van der Waals surface area contributed by atoms with Gasteiger partial charge in [0.05, 0.1) is 0 Å². The summed E-state index contributed by atoms with van der Waals surface area (Å²) in [6.07, 6.45) is 58.0. The van der Waals surface area contributed by atoms with Gasteiger partial charge in [-0.3, -0.25) is 20.0 Å². The fourth-order valence-electron chi connectivity index (χ4n) is 19.3. The van der Waals surface area contributed by atoms with Crippen LogP contribution in [0.15, 0.2) is 178 Å². The van der Waals surface area contributed by atoms with Crippen molar-refractivity contribution >= 4 is 89.5 Å². The Labute approximate surface area is 766 Å². The van der Waals surface area contributed by atoms with Gasteiger partial charge >= 0.3 is 0 Å². The number of aryl methyl sites for hydroxylation is 6. The molecule has 12 aromatic rings. The molecular formula is C118H150N4O6. The molecule has 0 unspecified atom stereocenters. The average molecular weight is 1720 g/mol. The Hall–Kier alpha value is -10.3. The Morgan fingerprint density at radius 2 is 0.375 bits per heavy atom. The summed E-state index contributed by atoms with van der Waals surface area (Å²) in [5.74, 6) is 0.474. The lowest BCUT2D eigenvalue weighted by molar-refractivity contribution is 0.469. The molecule has 0 spiro atoms. The van der Waals surface area contributed by atoms with E-state index in [0.29, 0.717) is 94.7 Å². The standard InChI is InChI=1S/C118H150N4O6/c1-7-13-19-25-31-37-45-85-51-59-101-91(71-85)57-65-107(123)109(101)111-103-61-53-87(47-39-33-27-21-15-9-3)73-93(103)77-97(115(111)125)81-119-67-43-69-121-83-99-79-95-75-89(49-41-35-29-23-17-11-5)55-63-105(95)113(117(99)127)114-106-64-56-90(50-42-36-30-24-18-12-6)76-96(106)80-100(118(114)128)84-122-70-44-68-120-82-98-78-94-74-88(48-40-34-28-22-16-10-4)54-62-104(94)112(116(98)126)110-102-60-52-86(46-38-32-26-20-14-8-2)72-92(102)58-66-108(110)124/h51-66,71-84,123-128H,7-50,67-70H2,1-6H3. The molecule has 128 heavy (non-hydrogen) atoms. The first-order valence-corrected chi connectivity index (χ1v) is 50.5. The molecule has 12 rings (SSSR count). The number of unbranched alkanes of at least 4 members (excludes halogenated alkanes) is 30. The number of aromatic hydroxyl groups is 6. The zero-order valence-electron chi connectivity index (χ0n) is 78.7. The van der Waals surface area contributed by atoms with Crippen LogP contribution in [0.3, 0.4) is 0 Å². The summed E-state index contributed by atoms with van der Waals surface area (Å²) >= 11 is 0. The van der Waals surface area contributed by atoms with Gasteiger partial charge in [-0.2, -0.15) is 0 Å². The maximum absolute atomic E-state index is 13.1. The van der Waals surface area contributed by atoms with Crippen molar-refractivity contribution in [1.82, 2.24) is 0 Å². The summed E-state index contributed by atoms with van der Waals surface area (Å²) in [5.41, 5.74) is 13.3. The third-order valence-corrected chi connectivity index (χ3v) is 26.7. The lowest BCUT2D eigenvalue weighted by atomic mass is 9.87. The highest BCUT2D eigenvalue weighted by Crippen LogP contribution is 2.51. The fraction of sp³-hybridized carbons (Fsp3) is 0.458. The Morgan fingerprint density at radius 1 is 0.188 bits per heavy atom. The summed E-state index contributed by atoms with van der Waals surface area (Å²) in [6, 6.07) is 55.2. The first-order chi connectivity index (χ1) is 62.8. The molecule has 0 saturated carbocycles. The van der Waals surface area contributed by atoms with Gasteiger partial charge in [-0.1, -0.05) is 355 Å². The first kappa shape index (κ1) is 96.8. The molecule has 0 amide bonds. The number of fused-ring (bicyclic) bond motifs is 6. The molecule has 0 heterocycles. The van der Waals surface area contributed by atoms with E-state index in [4.69, 9.17) is 20.0 Å². The Balaban J connectivity index is 0.827. The second-order valence-electron chi connectivity index (χ2n) is 37.0. The number of benzene rings is 12. The number of phenolic OH excluding ortho intramolecular Hbond substituents is 6. The van der Waals surface area contributed by atoms with Crippen LogP contribution in [-0.2, 0) is 38.5 Å². The molecular weight excluding hydrogens is 1570 g/mol. The predicted molar refractivity (Wildman–Crippen MR) is 552 cm³/mol. The smallest absolute Gasteiger partial charge is 0.132 e. The summed E-state index contributed by atoms with van der Waals surface area (Å²) in [5, 5.41) is 86.4. The van der Waals surface area contributed by atoms with E-state index in [1.54, 1.807) is 37.0 Å². The molecule has 678 valence electrons. The monoisotopic (exact) mass is 1720 g/mol. The molecule has 0 aromatic heterocycles. The van der Waals surface area contributed by atoms with E-state index in [2.05, 4.69) is 151 Å². The molecule has 0 saturated heterocycles. The Kier molecular flexibility index (Phi) is 39.1. The van der Waals surface area contributed by atoms with Crippen LogP contribution in [0.25, 0.3) is 98.0 Å². The minimum absolute atomic E-state index is 0.0333. The lowest BCUT2D eigenvalue weighted by Gasteiger charge is -2.18. The zero-order chi connectivity index (χ0) is 89.6. The fourth-order valence-corrected chi connectivity index (χ4v) is 19.3. The number of hydrogen-bond donors (Lipinski definition) is 6. The maximum atomic E-state index is 13.1. The van der Waals surface area contributed by atoms with Gasteiger partial charge in [0.2, 0.25) is 0 Å². The van der Waals surface area contributed by atoms with E-state index >= 15 is 0 Å². The van der Waals surface area contributed by atoms with Crippen LogP contribution in [0.4, 0.5) is 0 Å². The zero-order valence-corrected chi connectivity index (χ0v) is 78.7. The van der Waals surface area contributed by atoms with Gasteiger partial charge in [-0.05, 0) is 224 Å². The van der Waals surface area contributed by atoms with E-state index in [1.807, 2.05) is 36.4 Å². The molecule has 10 nitrogen and oxygen atoms in total. The number of aliphatic imine (C=N–C) groups is 4. The van der Waals surface area contributed by atoms with Crippen LogP contribution in [0.1, 0.15) is 341 Å². The number of rotatable bonds is 57. The molecule has 0 bridgehead atoms. The van der Waals surface area contributed by atoms with Gasteiger partial charge in [0.15, 0.2) is 0 Å². The highest BCUT2D eigenvalue weighted by Gasteiger charge is 2.26. The van der Waals surface area contributed by atoms with Crippen molar-refractivity contribution in [2.24, 2.45) is 20.0 Å². The van der Waals surface area contributed by atoms with E-state index in [1.165, 1.54) is 226 Å². The first-order valence-electron chi connectivity index (χ1n) is 50.5. The number of phenols is 6. The number of nitrogens with zero attached hydrogens (tertiary/aromatic N) is 4. The highest BCUT2D eigenvalue weighted by atomic mass is 16.3. The highest BCUT2D eigenvalue weighted by molar-refractivity contribution is 6.16. The molecule has 0 aliphatic rings. The second kappa shape index (κ2) is 51.8. The van der Waals surface area contributed by atoms with Gasteiger partial charge in [0, 0.05) is 107 Å². The van der Waals surface area contributed by atoms with Crippen molar-refractivity contribution in [2.75, 3.05) is 26.2 Å². The average Bonchev–Trinajstić information content (AvgIpc) is 0.749. The lowest BCUT2D eigenvalue weighted by Crippen LogP contribution is -1.97. The van der Waals surface area contributed by atoms with Gasteiger partial charge in [0.1, 0.15) is 34.5 Å². The van der Waals surface area contributed by atoms with Crippen molar-refractivity contribution in [3.8, 4) is 67.9 Å². The summed E-state index contributed by atoms with van der Waals surface area (Å²) in [4.78, 5) is 20.0. The van der Waals surface area contributed by atoms with E-state index < -0.39 is 0 Å².